The summed E-state index contributed by atoms with van der Waals surface area (Å²) >= 11 is 5.90. The number of rotatable bonds is 2. The van der Waals surface area contributed by atoms with Crippen molar-refractivity contribution in [2.24, 2.45) is 0 Å². The van der Waals surface area contributed by atoms with Crippen molar-refractivity contribution in [1.82, 2.24) is 15.2 Å². The van der Waals surface area contributed by atoms with Crippen LogP contribution in [0.5, 0.6) is 0 Å². The van der Waals surface area contributed by atoms with E-state index in [1.54, 1.807) is 17.0 Å². The Kier molecular flexibility index (Phi) is 4.90. The molecule has 1 N–H and O–H groups in total. The second kappa shape index (κ2) is 6.52. The van der Waals surface area contributed by atoms with E-state index in [9.17, 15) is 9.59 Å². The molecule has 120 valence electrons. The quantitative estimate of drug-likeness (QED) is 0.848. The van der Waals surface area contributed by atoms with Crippen molar-refractivity contribution in [3.8, 4) is 0 Å². The zero-order valence-corrected chi connectivity index (χ0v) is 13.7. The van der Waals surface area contributed by atoms with Gasteiger partial charge in [0.1, 0.15) is 10.8 Å². The van der Waals surface area contributed by atoms with Crippen LogP contribution < -0.4 is 5.32 Å². The van der Waals surface area contributed by atoms with Crippen LogP contribution in [0.3, 0.4) is 0 Å². The highest BCUT2D eigenvalue weighted by atomic mass is 35.5. The Morgan fingerprint density at radius 3 is 2.82 bits per heavy atom. The molecule has 7 heteroatoms. The summed E-state index contributed by atoms with van der Waals surface area (Å²) in [5.74, 6) is -0.283. The largest absolute Gasteiger partial charge is 0.444 e. The van der Waals surface area contributed by atoms with E-state index in [4.69, 9.17) is 16.3 Å². The molecular weight excluding hydrogens is 306 g/mol. The molecule has 1 aromatic rings. The molecule has 0 saturated carbocycles. The zero-order chi connectivity index (χ0) is 16.3. The Labute approximate surface area is 134 Å². The monoisotopic (exact) mass is 325 g/mol. The number of hydrogen-bond acceptors (Lipinski definition) is 4. The summed E-state index contributed by atoms with van der Waals surface area (Å²) in [7, 11) is 0. The van der Waals surface area contributed by atoms with E-state index < -0.39 is 5.60 Å². The number of carbonyl (C=O) groups is 2. The molecule has 0 aromatic carbocycles. The number of aromatic nitrogens is 1. The van der Waals surface area contributed by atoms with E-state index in [1.165, 1.54) is 6.20 Å². The van der Waals surface area contributed by atoms with E-state index in [1.807, 2.05) is 20.8 Å². The average Bonchev–Trinajstić information content (AvgIpc) is 2.85. The van der Waals surface area contributed by atoms with Crippen molar-refractivity contribution in [2.45, 2.75) is 38.8 Å². The summed E-state index contributed by atoms with van der Waals surface area (Å²) in [6.45, 7) is 6.46. The summed E-state index contributed by atoms with van der Waals surface area (Å²) in [6, 6.07) is 3.16. The molecule has 0 radical (unpaired) electrons. The summed E-state index contributed by atoms with van der Waals surface area (Å²) in [5.41, 5.74) is -0.193. The van der Waals surface area contributed by atoms with Crippen molar-refractivity contribution in [3.05, 3.63) is 29.0 Å². The maximum absolute atomic E-state index is 12.2. The number of amides is 2. The molecule has 2 heterocycles. The molecule has 1 aliphatic rings. The van der Waals surface area contributed by atoms with E-state index in [0.29, 0.717) is 25.1 Å². The lowest BCUT2D eigenvalue weighted by Gasteiger charge is -2.24. The number of pyridine rings is 1. The van der Waals surface area contributed by atoms with Gasteiger partial charge in [0.15, 0.2) is 0 Å². The fourth-order valence-corrected chi connectivity index (χ4v) is 2.39. The standard InChI is InChI=1S/C15H20ClN3O3/c1-15(2,3)22-14(21)19-8-6-10(9-19)18-13(20)11-5-4-7-17-12(11)16/h4-5,7,10H,6,8-9H2,1-3H3,(H,18,20)/t10-/m1/s1. The zero-order valence-electron chi connectivity index (χ0n) is 12.9. The number of nitrogens with zero attached hydrogens (tertiary/aromatic N) is 2. The lowest BCUT2D eigenvalue weighted by Crippen LogP contribution is -2.40. The number of hydrogen-bond donors (Lipinski definition) is 1. The van der Waals surface area contributed by atoms with Crippen molar-refractivity contribution < 1.29 is 14.3 Å². The van der Waals surface area contributed by atoms with E-state index >= 15 is 0 Å². The molecule has 1 atom stereocenters. The second-order valence-corrected chi connectivity index (χ2v) is 6.59. The molecule has 1 aliphatic heterocycles. The van der Waals surface area contributed by atoms with Crippen LogP contribution in [0.2, 0.25) is 5.15 Å². The third-order valence-corrected chi connectivity index (χ3v) is 3.48. The predicted molar refractivity (Wildman–Crippen MR) is 82.9 cm³/mol. The SMILES string of the molecule is CC(C)(C)OC(=O)N1CC[C@@H](NC(=O)c2cccnc2Cl)C1. The first-order valence-corrected chi connectivity index (χ1v) is 7.53. The highest BCUT2D eigenvalue weighted by Crippen LogP contribution is 2.17. The first-order chi connectivity index (χ1) is 10.3. The maximum atomic E-state index is 12.2. The van der Waals surface area contributed by atoms with Gasteiger partial charge in [-0.2, -0.15) is 0 Å². The number of nitrogens with one attached hydrogen (secondary N) is 1. The first-order valence-electron chi connectivity index (χ1n) is 7.15. The highest BCUT2D eigenvalue weighted by Gasteiger charge is 2.30. The highest BCUT2D eigenvalue weighted by molar-refractivity contribution is 6.32. The third-order valence-electron chi connectivity index (χ3n) is 3.18. The second-order valence-electron chi connectivity index (χ2n) is 6.23. The van der Waals surface area contributed by atoms with Gasteiger partial charge in [-0.25, -0.2) is 9.78 Å². The van der Waals surface area contributed by atoms with Crippen LogP contribution >= 0.6 is 11.6 Å². The van der Waals surface area contributed by atoms with Crippen molar-refractivity contribution in [1.29, 1.82) is 0 Å². The number of carbonyl (C=O) groups excluding carboxylic acids is 2. The van der Waals surface area contributed by atoms with Crippen LogP contribution in [0.15, 0.2) is 18.3 Å². The lowest BCUT2D eigenvalue weighted by atomic mass is 10.2. The van der Waals surface area contributed by atoms with Crippen molar-refractivity contribution in [2.75, 3.05) is 13.1 Å². The molecule has 1 fully saturated rings. The Balaban J connectivity index is 1.90. The number of ether oxygens (including phenoxy) is 1. The Bertz CT molecular complexity index is 571. The Morgan fingerprint density at radius 1 is 1.45 bits per heavy atom. The Morgan fingerprint density at radius 2 is 2.18 bits per heavy atom. The lowest BCUT2D eigenvalue weighted by molar-refractivity contribution is 0.0290. The minimum absolute atomic E-state index is 0.115. The minimum atomic E-state index is -0.526. The molecule has 6 nitrogen and oxygen atoms in total. The van der Waals surface area contributed by atoms with Gasteiger partial charge in [-0.05, 0) is 39.3 Å². The summed E-state index contributed by atoms with van der Waals surface area (Å²) < 4.78 is 5.32. The average molecular weight is 326 g/mol. The molecular formula is C15H20ClN3O3. The Hall–Kier alpha value is -1.82. The number of likely N-dealkylation sites (tertiary alicyclic amines) is 1. The van der Waals surface area contributed by atoms with Crippen LogP contribution in [-0.2, 0) is 4.74 Å². The fraction of sp³-hybridized carbons (Fsp3) is 0.533. The van der Waals surface area contributed by atoms with Gasteiger partial charge in [0.2, 0.25) is 0 Å². The van der Waals surface area contributed by atoms with Crippen LogP contribution in [0, 0.1) is 0 Å². The van der Waals surface area contributed by atoms with E-state index in [0.717, 1.165) is 0 Å². The minimum Gasteiger partial charge on any atom is -0.444 e. The smallest absolute Gasteiger partial charge is 0.410 e. The molecule has 2 amide bonds. The van der Waals surface area contributed by atoms with Gasteiger partial charge in [0.05, 0.1) is 5.56 Å². The van der Waals surface area contributed by atoms with E-state index in [2.05, 4.69) is 10.3 Å². The fourth-order valence-electron chi connectivity index (χ4n) is 2.19. The predicted octanol–water partition coefficient (Wildman–Crippen LogP) is 2.47. The molecule has 0 spiro atoms. The molecule has 0 aliphatic carbocycles. The summed E-state index contributed by atoms with van der Waals surface area (Å²) in [5, 5.41) is 3.04. The number of halogens is 1. The van der Waals surface area contributed by atoms with Gasteiger partial charge < -0.3 is 15.0 Å². The summed E-state index contributed by atoms with van der Waals surface area (Å²) in [6.07, 6.45) is 1.85. The van der Waals surface area contributed by atoms with Crippen LogP contribution in [-0.4, -0.2) is 46.6 Å². The molecule has 1 aromatic heterocycles. The van der Waals surface area contributed by atoms with Crippen LogP contribution in [0.4, 0.5) is 4.79 Å². The first kappa shape index (κ1) is 16.5. The van der Waals surface area contributed by atoms with Gasteiger partial charge in [0, 0.05) is 25.3 Å². The third kappa shape index (κ3) is 4.34. The summed E-state index contributed by atoms with van der Waals surface area (Å²) in [4.78, 5) is 29.6. The maximum Gasteiger partial charge on any atom is 0.410 e. The normalized spacial score (nSPS) is 18.2. The van der Waals surface area contributed by atoms with E-state index in [-0.39, 0.29) is 23.2 Å². The molecule has 2 rings (SSSR count). The van der Waals surface area contributed by atoms with Crippen molar-refractivity contribution >= 4 is 23.6 Å². The van der Waals surface area contributed by atoms with Crippen LogP contribution in [0.1, 0.15) is 37.6 Å². The molecule has 22 heavy (non-hydrogen) atoms. The van der Waals surface area contributed by atoms with Gasteiger partial charge >= 0.3 is 6.09 Å². The van der Waals surface area contributed by atoms with Gasteiger partial charge in [-0.3, -0.25) is 4.79 Å². The molecule has 0 bridgehead atoms. The molecule has 1 saturated heterocycles. The van der Waals surface area contributed by atoms with Gasteiger partial charge in [0.25, 0.3) is 5.91 Å². The molecule has 0 unspecified atom stereocenters. The topological polar surface area (TPSA) is 71.5 Å². The van der Waals surface area contributed by atoms with Gasteiger partial charge in [-0.15, -0.1) is 0 Å². The van der Waals surface area contributed by atoms with Crippen molar-refractivity contribution in [3.63, 3.8) is 0 Å². The van der Waals surface area contributed by atoms with Gasteiger partial charge in [-0.1, -0.05) is 11.6 Å². The van der Waals surface area contributed by atoms with Crippen LogP contribution in [0.25, 0.3) is 0 Å².